The van der Waals surface area contributed by atoms with Gasteiger partial charge >= 0.3 is 0 Å². The van der Waals surface area contributed by atoms with Gasteiger partial charge in [-0.1, -0.05) is 30.3 Å². The molecule has 0 N–H and O–H groups in total. The van der Waals surface area contributed by atoms with E-state index < -0.39 is 5.91 Å². The molecule has 7 heteroatoms. The van der Waals surface area contributed by atoms with Gasteiger partial charge in [-0.05, 0) is 12.1 Å². The van der Waals surface area contributed by atoms with Crippen LogP contribution in [0.4, 0.5) is 0 Å². The highest BCUT2D eigenvalue weighted by Crippen LogP contribution is 2.22. The first kappa shape index (κ1) is 18.6. The number of nitrogens with zero attached hydrogens (tertiary/aromatic N) is 2. The molecular weight excluding hydrogens is 364 g/mol. The smallest absolute Gasteiger partial charge is 0.279 e. The Morgan fingerprint density at radius 3 is 2.30 bits per heavy atom. The van der Waals surface area contributed by atoms with E-state index in [2.05, 4.69) is 4.99 Å². The van der Waals surface area contributed by atoms with Crippen molar-refractivity contribution in [1.29, 1.82) is 0 Å². The minimum absolute atomic E-state index is 0.0500. The number of hydrogen-bond donors (Lipinski definition) is 0. The highest BCUT2D eigenvalue weighted by atomic mass is 32.1. The number of ketones is 1. The third-order valence-corrected chi connectivity index (χ3v) is 4.66. The molecule has 2 aromatic carbocycles. The van der Waals surface area contributed by atoms with E-state index >= 15 is 0 Å². The molecule has 0 aliphatic carbocycles. The summed E-state index contributed by atoms with van der Waals surface area (Å²) in [5, 5.41) is 1.79. The number of aromatic nitrogens is 1. The standard InChI is InChI=1S/C20H18N2O4S/c1-25-16-10-15(11-17(12-16)26-2)19(24)21-20-22(8-9-27-20)13-18(23)14-6-4-3-5-7-14/h3-12H,13H2,1-2H3. The Hall–Kier alpha value is -3.19. The second kappa shape index (κ2) is 8.46. The highest BCUT2D eigenvalue weighted by Gasteiger charge is 2.11. The molecule has 0 atom stereocenters. The average Bonchev–Trinajstić information content (AvgIpc) is 3.14. The molecule has 3 aromatic rings. The lowest BCUT2D eigenvalue weighted by Crippen LogP contribution is -2.21. The summed E-state index contributed by atoms with van der Waals surface area (Å²) < 4.78 is 12.0. The fraction of sp³-hybridized carbons (Fsp3) is 0.150. The van der Waals surface area contributed by atoms with Crippen LogP contribution >= 0.6 is 11.3 Å². The number of carbonyl (C=O) groups is 2. The highest BCUT2D eigenvalue weighted by molar-refractivity contribution is 7.07. The van der Waals surface area contributed by atoms with E-state index in [0.29, 0.717) is 27.4 Å². The normalized spacial score (nSPS) is 11.3. The van der Waals surface area contributed by atoms with Crippen LogP contribution in [0, 0.1) is 0 Å². The number of carbonyl (C=O) groups excluding carboxylic acids is 2. The SMILES string of the molecule is COc1cc(OC)cc(C(=O)N=c2sccn2CC(=O)c2ccccc2)c1. The van der Waals surface area contributed by atoms with Crippen LogP contribution in [0.15, 0.2) is 65.1 Å². The summed E-state index contributed by atoms with van der Waals surface area (Å²) in [6.07, 6.45) is 1.74. The van der Waals surface area contributed by atoms with Gasteiger partial charge in [-0.2, -0.15) is 4.99 Å². The maximum Gasteiger partial charge on any atom is 0.279 e. The van der Waals surface area contributed by atoms with Crippen molar-refractivity contribution in [3.8, 4) is 11.5 Å². The molecule has 0 bridgehead atoms. The molecule has 6 nitrogen and oxygen atoms in total. The van der Waals surface area contributed by atoms with Gasteiger partial charge in [-0.15, -0.1) is 11.3 Å². The second-order valence-corrected chi connectivity index (χ2v) is 6.49. The molecule has 0 saturated heterocycles. The van der Waals surface area contributed by atoms with E-state index in [9.17, 15) is 9.59 Å². The Bertz CT molecular complexity index is 999. The van der Waals surface area contributed by atoms with E-state index in [1.54, 1.807) is 46.5 Å². The van der Waals surface area contributed by atoms with Crippen molar-refractivity contribution in [3.63, 3.8) is 0 Å². The van der Waals surface area contributed by atoms with Gasteiger partial charge in [0, 0.05) is 28.8 Å². The monoisotopic (exact) mass is 382 g/mol. The summed E-state index contributed by atoms with van der Waals surface area (Å²) in [6.45, 7) is 0.112. The predicted octanol–water partition coefficient (Wildman–Crippen LogP) is 3.19. The van der Waals surface area contributed by atoms with Gasteiger partial charge in [0.1, 0.15) is 11.5 Å². The molecule has 27 heavy (non-hydrogen) atoms. The number of Topliss-reactive ketones (excluding diaryl/α,β-unsaturated/α-hetero) is 1. The largest absolute Gasteiger partial charge is 0.497 e. The van der Waals surface area contributed by atoms with Crippen molar-refractivity contribution >= 4 is 23.0 Å². The zero-order chi connectivity index (χ0) is 19.2. The zero-order valence-electron chi connectivity index (χ0n) is 14.9. The summed E-state index contributed by atoms with van der Waals surface area (Å²) in [6, 6.07) is 13.9. The van der Waals surface area contributed by atoms with Crippen LogP contribution in [-0.4, -0.2) is 30.5 Å². The van der Waals surface area contributed by atoms with Gasteiger partial charge < -0.3 is 14.0 Å². The van der Waals surface area contributed by atoms with Crippen molar-refractivity contribution in [2.24, 2.45) is 4.99 Å². The fourth-order valence-corrected chi connectivity index (χ4v) is 3.19. The molecule has 0 unspecified atom stereocenters. The van der Waals surface area contributed by atoms with Crippen LogP contribution < -0.4 is 14.3 Å². The van der Waals surface area contributed by atoms with Crippen molar-refractivity contribution in [2.75, 3.05) is 14.2 Å². The Labute approximate surface area is 160 Å². The van der Waals surface area contributed by atoms with E-state index in [1.807, 2.05) is 18.2 Å². The minimum atomic E-state index is -0.435. The van der Waals surface area contributed by atoms with Gasteiger partial charge in [0.25, 0.3) is 5.91 Å². The third-order valence-electron chi connectivity index (χ3n) is 3.87. The van der Waals surface area contributed by atoms with Crippen molar-refractivity contribution in [3.05, 3.63) is 76.0 Å². The Balaban J connectivity index is 1.87. The molecular formula is C20H18N2O4S. The van der Waals surface area contributed by atoms with Gasteiger partial charge in [0.2, 0.25) is 0 Å². The summed E-state index contributed by atoms with van der Waals surface area (Å²) >= 11 is 1.29. The van der Waals surface area contributed by atoms with Crippen LogP contribution in [0.5, 0.6) is 11.5 Å². The summed E-state index contributed by atoms with van der Waals surface area (Å²) in [4.78, 5) is 29.6. The van der Waals surface area contributed by atoms with Crippen LogP contribution in [0.2, 0.25) is 0 Å². The zero-order valence-corrected chi connectivity index (χ0v) is 15.7. The number of benzene rings is 2. The van der Waals surface area contributed by atoms with Gasteiger partial charge in [0.05, 0.1) is 20.8 Å². The van der Waals surface area contributed by atoms with Gasteiger partial charge in [-0.25, -0.2) is 0 Å². The van der Waals surface area contributed by atoms with Crippen LogP contribution in [0.3, 0.4) is 0 Å². The van der Waals surface area contributed by atoms with E-state index in [-0.39, 0.29) is 12.3 Å². The number of rotatable bonds is 6. The van der Waals surface area contributed by atoms with E-state index in [1.165, 1.54) is 25.6 Å². The first-order valence-corrected chi connectivity index (χ1v) is 9.03. The van der Waals surface area contributed by atoms with E-state index in [0.717, 1.165) is 0 Å². The first-order chi connectivity index (χ1) is 13.1. The topological polar surface area (TPSA) is 69.9 Å². The van der Waals surface area contributed by atoms with E-state index in [4.69, 9.17) is 9.47 Å². The van der Waals surface area contributed by atoms with Crippen LogP contribution in [-0.2, 0) is 6.54 Å². The molecule has 1 heterocycles. The summed E-state index contributed by atoms with van der Waals surface area (Å²) in [5.74, 6) is 0.527. The molecule has 0 aliphatic heterocycles. The van der Waals surface area contributed by atoms with Crippen LogP contribution in [0.25, 0.3) is 0 Å². The summed E-state index contributed by atoms with van der Waals surface area (Å²) in [5.41, 5.74) is 0.964. The average molecular weight is 382 g/mol. The number of hydrogen-bond acceptors (Lipinski definition) is 5. The molecule has 0 radical (unpaired) electrons. The van der Waals surface area contributed by atoms with Gasteiger partial charge in [-0.3, -0.25) is 9.59 Å². The van der Waals surface area contributed by atoms with Crippen LogP contribution in [0.1, 0.15) is 20.7 Å². The Morgan fingerprint density at radius 2 is 1.67 bits per heavy atom. The predicted molar refractivity (Wildman–Crippen MR) is 103 cm³/mol. The van der Waals surface area contributed by atoms with Crippen molar-refractivity contribution in [2.45, 2.75) is 6.54 Å². The molecule has 0 aliphatic rings. The molecule has 138 valence electrons. The Morgan fingerprint density at radius 1 is 1.00 bits per heavy atom. The number of ether oxygens (including phenoxy) is 2. The fourth-order valence-electron chi connectivity index (χ4n) is 2.46. The minimum Gasteiger partial charge on any atom is -0.497 e. The number of amides is 1. The first-order valence-electron chi connectivity index (χ1n) is 8.15. The molecule has 0 fully saturated rings. The molecule has 1 amide bonds. The quantitative estimate of drug-likeness (QED) is 0.614. The van der Waals surface area contributed by atoms with Gasteiger partial charge in [0.15, 0.2) is 10.6 Å². The van der Waals surface area contributed by atoms with Crippen molar-refractivity contribution in [1.82, 2.24) is 4.57 Å². The second-order valence-electron chi connectivity index (χ2n) is 5.62. The number of methoxy groups -OCH3 is 2. The lowest BCUT2D eigenvalue weighted by atomic mass is 10.1. The summed E-state index contributed by atoms with van der Waals surface area (Å²) in [7, 11) is 3.03. The molecule has 3 rings (SSSR count). The number of thiazole rings is 1. The lowest BCUT2D eigenvalue weighted by molar-refractivity contribution is 0.0963. The molecule has 0 saturated carbocycles. The molecule has 0 spiro atoms. The van der Waals surface area contributed by atoms with Crippen molar-refractivity contribution < 1.29 is 19.1 Å². The third kappa shape index (κ3) is 4.51. The Kier molecular flexibility index (Phi) is 5.83. The lowest BCUT2D eigenvalue weighted by Gasteiger charge is -2.06. The maximum absolute atomic E-state index is 12.6. The molecule has 1 aromatic heterocycles. The maximum atomic E-state index is 12.6.